The number of ether oxygens (including phenoxy) is 1. The molecule has 2 aliphatic rings. The highest BCUT2D eigenvalue weighted by molar-refractivity contribution is 6.05. The molecule has 3 N–H and O–H groups in total. The van der Waals surface area contributed by atoms with Gasteiger partial charge in [-0.3, -0.25) is 9.69 Å². The Hall–Kier alpha value is -2.53. The maximum atomic E-state index is 12.4. The molecule has 4 rings (SSSR count). The Bertz CT molecular complexity index is 815. The molecule has 0 radical (unpaired) electrons. The summed E-state index contributed by atoms with van der Waals surface area (Å²) in [5.74, 6) is 0.638. The van der Waals surface area contributed by atoms with Crippen LogP contribution in [0, 0.1) is 5.41 Å². The quantitative estimate of drug-likeness (QED) is 0.727. The minimum absolute atomic E-state index is 0. The minimum atomic E-state index is -0.177. The number of nitrogen functional groups attached to an aromatic ring is 1. The molecule has 0 aromatic heterocycles. The fourth-order valence-electron chi connectivity index (χ4n) is 3.63. The highest BCUT2D eigenvalue weighted by Crippen LogP contribution is 2.45. The first-order valence-corrected chi connectivity index (χ1v) is 9.66. The molecule has 5 heteroatoms. The molecular weight excluding hydrogens is 350 g/mol. The van der Waals surface area contributed by atoms with Crippen LogP contribution < -0.4 is 15.8 Å². The summed E-state index contributed by atoms with van der Waals surface area (Å²) in [6.07, 6.45) is 4.00. The Morgan fingerprint density at radius 2 is 1.93 bits per heavy atom. The van der Waals surface area contributed by atoms with Gasteiger partial charge in [-0.2, -0.15) is 0 Å². The van der Waals surface area contributed by atoms with E-state index in [-0.39, 0.29) is 19.4 Å². The van der Waals surface area contributed by atoms with E-state index in [0.717, 1.165) is 25.3 Å². The van der Waals surface area contributed by atoms with Crippen molar-refractivity contribution in [3.63, 3.8) is 0 Å². The zero-order valence-corrected chi connectivity index (χ0v) is 15.8. The molecule has 1 saturated carbocycles. The van der Waals surface area contributed by atoms with Gasteiger partial charge in [0.2, 0.25) is 0 Å². The Labute approximate surface area is 167 Å². The van der Waals surface area contributed by atoms with Crippen molar-refractivity contribution in [3.8, 4) is 5.75 Å². The van der Waals surface area contributed by atoms with Crippen LogP contribution >= 0.6 is 0 Å². The van der Waals surface area contributed by atoms with E-state index < -0.39 is 0 Å². The van der Waals surface area contributed by atoms with Gasteiger partial charge in [0.15, 0.2) is 0 Å². The summed E-state index contributed by atoms with van der Waals surface area (Å²) in [5.41, 5.74) is 8.18. The third-order valence-electron chi connectivity index (χ3n) is 5.57. The van der Waals surface area contributed by atoms with Crippen LogP contribution in [0.1, 0.15) is 44.0 Å². The maximum absolute atomic E-state index is 12.4. The van der Waals surface area contributed by atoms with Gasteiger partial charge in [-0.15, -0.1) is 0 Å². The summed E-state index contributed by atoms with van der Waals surface area (Å²) < 4.78 is 6.12. The molecule has 0 unspecified atom stereocenters. The van der Waals surface area contributed by atoms with Crippen LogP contribution in [0.3, 0.4) is 0 Å². The third kappa shape index (κ3) is 4.84. The first-order chi connectivity index (χ1) is 13.0. The smallest absolute Gasteiger partial charge is 0.255 e. The summed E-state index contributed by atoms with van der Waals surface area (Å²) in [5, 5.41) is 2.84. The van der Waals surface area contributed by atoms with E-state index in [1.807, 2.05) is 24.3 Å². The summed E-state index contributed by atoms with van der Waals surface area (Å²) >= 11 is 0. The van der Waals surface area contributed by atoms with E-state index in [1.165, 1.54) is 19.4 Å². The molecule has 2 fully saturated rings. The number of carbonyl (C=O) groups excluding carboxylic acids is 1. The Morgan fingerprint density at radius 1 is 1.21 bits per heavy atom. The number of para-hydroxylation sites is 2. The topological polar surface area (TPSA) is 67.6 Å². The second kappa shape index (κ2) is 8.23. The average molecular weight is 382 g/mol. The lowest BCUT2D eigenvalue weighted by Gasteiger charge is -2.20. The van der Waals surface area contributed by atoms with Crippen LogP contribution in [0.25, 0.3) is 0 Å². The molecule has 1 aliphatic carbocycles. The monoisotopic (exact) mass is 381 g/mol. The second-order valence-electron chi connectivity index (χ2n) is 8.14. The van der Waals surface area contributed by atoms with Crippen molar-refractivity contribution in [2.45, 2.75) is 39.7 Å². The molecule has 1 heterocycles. The fraction of sp³-hybridized carbons (Fsp3) is 0.435. The van der Waals surface area contributed by atoms with Crippen LogP contribution in [-0.4, -0.2) is 36.5 Å². The largest absolute Gasteiger partial charge is 0.489 e. The van der Waals surface area contributed by atoms with Crippen LogP contribution in [0.15, 0.2) is 48.5 Å². The first kappa shape index (κ1) is 20.2. The van der Waals surface area contributed by atoms with Crippen LogP contribution in [-0.2, 0) is 0 Å². The molecule has 0 bridgehead atoms. The second-order valence-corrected chi connectivity index (χ2v) is 8.14. The Morgan fingerprint density at radius 3 is 2.61 bits per heavy atom. The van der Waals surface area contributed by atoms with Crippen molar-refractivity contribution in [1.29, 1.82) is 0 Å². The van der Waals surface area contributed by atoms with Crippen molar-refractivity contribution in [1.82, 2.24) is 4.90 Å². The normalized spacial score (nSPS) is 20.2. The van der Waals surface area contributed by atoms with Gasteiger partial charge in [0.1, 0.15) is 11.9 Å². The summed E-state index contributed by atoms with van der Waals surface area (Å²) in [6, 6.07) is 14.6. The predicted octanol–water partition coefficient (Wildman–Crippen LogP) is 4.41. The molecule has 2 aromatic carbocycles. The summed E-state index contributed by atoms with van der Waals surface area (Å²) in [7, 11) is 0. The minimum Gasteiger partial charge on any atom is -0.489 e. The highest BCUT2D eigenvalue weighted by Gasteiger charge is 2.40. The maximum Gasteiger partial charge on any atom is 0.255 e. The fourth-order valence-corrected chi connectivity index (χ4v) is 3.63. The molecule has 1 amide bonds. The van der Waals surface area contributed by atoms with E-state index in [4.69, 9.17) is 10.5 Å². The number of hydrogen-bond acceptors (Lipinski definition) is 4. The molecule has 1 atom stereocenters. The van der Waals surface area contributed by atoms with E-state index in [1.54, 1.807) is 24.3 Å². The van der Waals surface area contributed by atoms with Gasteiger partial charge in [0.05, 0.1) is 11.4 Å². The number of nitrogens with one attached hydrogen (secondary N) is 1. The van der Waals surface area contributed by atoms with Crippen molar-refractivity contribution >= 4 is 17.3 Å². The Balaban J connectivity index is 0.00000225. The molecule has 28 heavy (non-hydrogen) atoms. The number of benzene rings is 2. The number of amides is 1. The summed E-state index contributed by atoms with van der Waals surface area (Å²) in [4.78, 5) is 14.9. The molecule has 150 valence electrons. The van der Waals surface area contributed by atoms with Crippen LogP contribution in [0.2, 0.25) is 0 Å². The van der Waals surface area contributed by atoms with E-state index in [0.29, 0.717) is 22.4 Å². The van der Waals surface area contributed by atoms with Crippen LogP contribution in [0.4, 0.5) is 11.4 Å². The predicted molar refractivity (Wildman–Crippen MR) is 115 cm³/mol. The zero-order valence-electron chi connectivity index (χ0n) is 15.8. The third-order valence-corrected chi connectivity index (χ3v) is 5.57. The van der Waals surface area contributed by atoms with Gasteiger partial charge in [0.25, 0.3) is 5.91 Å². The zero-order chi connectivity index (χ0) is 18.9. The standard InChI is InChI=1S/C22H27N3O2.CH4/c1-22(11-12-22)15-25-13-10-18(14-25)27-17-8-6-16(7-9-17)21(26)24-20-5-3-2-4-19(20)23;/h2-9,18H,10-15,23H2,1H3,(H,24,26);1H4/t18-;/m1./s1. The lowest BCUT2D eigenvalue weighted by atomic mass is 10.1. The average Bonchev–Trinajstić information content (AvgIpc) is 3.22. The molecule has 1 saturated heterocycles. The lowest BCUT2D eigenvalue weighted by molar-refractivity contribution is 0.102. The van der Waals surface area contributed by atoms with Gasteiger partial charge in [-0.05, 0) is 61.1 Å². The van der Waals surface area contributed by atoms with E-state index in [2.05, 4.69) is 17.1 Å². The summed E-state index contributed by atoms with van der Waals surface area (Å²) in [6.45, 7) is 5.66. The number of nitrogens with two attached hydrogens (primary N) is 1. The van der Waals surface area contributed by atoms with Crippen molar-refractivity contribution < 1.29 is 9.53 Å². The van der Waals surface area contributed by atoms with E-state index >= 15 is 0 Å². The van der Waals surface area contributed by atoms with Gasteiger partial charge in [0, 0.05) is 25.2 Å². The number of likely N-dealkylation sites (tertiary alicyclic amines) is 1. The number of carbonyl (C=O) groups is 1. The van der Waals surface area contributed by atoms with Gasteiger partial charge in [-0.1, -0.05) is 26.5 Å². The van der Waals surface area contributed by atoms with Crippen molar-refractivity contribution in [2.75, 3.05) is 30.7 Å². The van der Waals surface area contributed by atoms with Crippen molar-refractivity contribution in [3.05, 3.63) is 54.1 Å². The molecular formula is C23H31N3O2. The van der Waals surface area contributed by atoms with E-state index in [9.17, 15) is 4.79 Å². The number of anilines is 2. The highest BCUT2D eigenvalue weighted by atomic mass is 16.5. The molecule has 0 spiro atoms. The molecule has 1 aliphatic heterocycles. The van der Waals surface area contributed by atoms with Crippen molar-refractivity contribution in [2.24, 2.45) is 5.41 Å². The first-order valence-electron chi connectivity index (χ1n) is 9.66. The number of rotatable bonds is 6. The van der Waals surface area contributed by atoms with Gasteiger partial charge in [-0.25, -0.2) is 0 Å². The molecule has 2 aromatic rings. The SMILES string of the molecule is C.CC1(CN2CC[C@@H](Oc3ccc(C(=O)Nc4ccccc4N)cc3)C2)CC1. The number of hydrogen-bond donors (Lipinski definition) is 2. The van der Waals surface area contributed by atoms with Gasteiger partial charge >= 0.3 is 0 Å². The molecule has 5 nitrogen and oxygen atoms in total. The van der Waals surface area contributed by atoms with Crippen LogP contribution in [0.5, 0.6) is 5.75 Å². The number of nitrogens with zero attached hydrogens (tertiary/aromatic N) is 1. The van der Waals surface area contributed by atoms with Gasteiger partial charge < -0.3 is 15.8 Å². The Kier molecular flexibility index (Phi) is 5.94. The lowest BCUT2D eigenvalue weighted by Crippen LogP contribution is -2.29.